The topological polar surface area (TPSA) is 35.3 Å². The summed E-state index contributed by atoms with van der Waals surface area (Å²) in [5, 5.41) is 3.99. The minimum atomic E-state index is -0.336. The molecular weight excluding hydrogens is 402 g/mol. The Bertz CT molecular complexity index is 804. The van der Waals surface area contributed by atoms with Crippen LogP contribution in [-0.4, -0.2) is 17.4 Å². The first kappa shape index (κ1) is 19.8. The van der Waals surface area contributed by atoms with Crippen LogP contribution in [0.1, 0.15) is 48.8 Å². The summed E-state index contributed by atoms with van der Waals surface area (Å²) in [6, 6.07) is 21.2. The molecule has 0 atom stereocenters. The first-order chi connectivity index (χ1) is 13.0. The van der Waals surface area contributed by atoms with Crippen LogP contribution >= 0.6 is 15.9 Å². The van der Waals surface area contributed by atoms with Crippen LogP contribution in [0.4, 0.5) is 0 Å². The molecule has 0 aliphatic rings. The van der Waals surface area contributed by atoms with E-state index in [2.05, 4.69) is 95.6 Å². The number of ether oxygens (including phenoxy) is 1. The van der Waals surface area contributed by atoms with E-state index in [0.29, 0.717) is 6.61 Å². The third-order valence-electron chi connectivity index (χ3n) is 4.84. The number of benzene rings is 2. The monoisotopic (exact) mass is 427 g/mol. The second-order valence-corrected chi connectivity index (χ2v) is 8.11. The zero-order chi connectivity index (χ0) is 19.3. The fourth-order valence-corrected chi connectivity index (χ4v) is 3.84. The molecule has 27 heavy (non-hydrogen) atoms. The summed E-state index contributed by atoms with van der Waals surface area (Å²) >= 11 is 3.53. The van der Waals surface area contributed by atoms with E-state index in [4.69, 9.17) is 9.26 Å². The Labute approximate surface area is 169 Å². The zero-order valence-corrected chi connectivity index (χ0v) is 17.7. The number of hydrogen-bond donors (Lipinski definition) is 0. The molecule has 0 saturated carbocycles. The van der Waals surface area contributed by atoms with Gasteiger partial charge in [0.2, 0.25) is 0 Å². The average molecular weight is 428 g/mol. The molecule has 0 aliphatic heterocycles. The van der Waals surface area contributed by atoms with Gasteiger partial charge in [-0.15, -0.1) is 0 Å². The van der Waals surface area contributed by atoms with Crippen LogP contribution in [0.2, 0.25) is 0 Å². The molecule has 2 aromatic carbocycles. The van der Waals surface area contributed by atoms with Crippen LogP contribution in [0.3, 0.4) is 0 Å². The molecule has 142 valence electrons. The molecular formula is C23H26BrNO2. The SMILES string of the molecule is Cc1noc(CCCOC(C)(C)C(c2ccccc2)c2ccccc2)c1Br. The summed E-state index contributed by atoms with van der Waals surface area (Å²) in [4.78, 5) is 0. The van der Waals surface area contributed by atoms with Crippen LogP contribution in [0.15, 0.2) is 69.7 Å². The van der Waals surface area contributed by atoms with Gasteiger partial charge in [-0.3, -0.25) is 0 Å². The van der Waals surface area contributed by atoms with Gasteiger partial charge in [0.05, 0.1) is 15.8 Å². The van der Waals surface area contributed by atoms with Gasteiger partial charge in [0.1, 0.15) is 0 Å². The van der Waals surface area contributed by atoms with Crippen molar-refractivity contribution >= 4 is 15.9 Å². The highest BCUT2D eigenvalue weighted by molar-refractivity contribution is 9.10. The van der Waals surface area contributed by atoms with Gasteiger partial charge in [0.25, 0.3) is 0 Å². The predicted octanol–water partition coefficient (Wildman–Crippen LogP) is 6.31. The number of nitrogens with zero attached hydrogens (tertiary/aromatic N) is 1. The Balaban J connectivity index is 1.70. The van der Waals surface area contributed by atoms with Crippen molar-refractivity contribution in [2.45, 2.75) is 45.1 Å². The van der Waals surface area contributed by atoms with Gasteiger partial charge in [0, 0.05) is 18.9 Å². The van der Waals surface area contributed by atoms with Crippen LogP contribution in [0.25, 0.3) is 0 Å². The normalized spacial score (nSPS) is 11.9. The van der Waals surface area contributed by atoms with Crippen molar-refractivity contribution in [1.29, 1.82) is 0 Å². The summed E-state index contributed by atoms with van der Waals surface area (Å²) in [6.45, 7) is 6.94. The molecule has 0 saturated heterocycles. The summed E-state index contributed by atoms with van der Waals surface area (Å²) in [5.41, 5.74) is 3.08. The Hall–Kier alpha value is -1.91. The van der Waals surface area contributed by atoms with Crippen molar-refractivity contribution in [2.75, 3.05) is 6.61 Å². The molecule has 0 radical (unpaired) electrons. The van der Waals surface area contributed by atoms with Crippen molar-refractivity contribution in [2.24, 2.45) is 0 Å². The first-order valence-electron chi connectivity index (χ1n) is 9.33. The second-order valence-electron chi connectivity index (χ2n) is 7.31. The molecule has 0 aliphatic carbocycles. The van der Waals surface area contributed by atoms with Crippen LogP contribution in [0, 0.1) is 6.92 Å². The second kappa shape index (κ2) is 8.85. The van der Waals surface area contributed by atoms with E-state index in [1.165, 1.54) is 11.1 Å². The van der Waals surface area contributed by atoms with Crippen molar-refractivity contribution in [3.05, 3.63) is 87.7 Å². The van der Waals surface area contributed by atoms with Gasteiger partial charge in [-0.25, -0.2) is 0 Å². The number of aryl methyl sites for hydroxylation is 2. The standard InChI is InChI=1S/C23H26BrNO2/c1-17-22(24)20(27-25-17)15-10-16-26-23(2,3)21(18-11-6-4-7-12-18)19-13-8-5-9-14-19/h4-9,11-14,21H,10,15-16H2,1-3H3. The fraction of sp³-hybridized carbons (Fsp3) is 0.348. The van der Waals surface area contributed by atoms with Crippen molar-refractivity contribution in [3.63, 3.8) is 0 Å². The molecule has 0 spiro atoms. The van der Waals surface area contributed by atoms with E-state index >= 15 is 0 Å². The molecule has 1 heterocycles. The smallest absolute Gasteiger partial charge is 0.151 e. The van der Waals surface area contributed by atoms with E-state index in [1.807, 2.05) is 6.92 Å². The van der Waals surface area contributed by atoms with E-state index in [1.54, 1.807) is 0 Å². The molecule has 1 aromatic heterocycles. The van der Waals surface area contributed by atoms with E-state index in [0.717, 1.165) is 28.8 Å². The highest BCUT2D eigenvalue weighted by Crippen LogP contribution is 2.37. The van der Waals surface area contributed by atoms with Crippen LogP contribution < -0.4 is 0 Å². The van der Waals surface area contributed by atoms with E-state index in [9.17, 15) is 0 Å². The zero-order valence-electron chi connectivity index (χ0n) is 16.1. The number of rotatable bonds is 8. The van der Waals surface area contributed by atoms with Crippen LogP contribution in [0.5, 0.6) is 0 Å². The van der Waals surface area contributed by atoms with E-state index < -0.39 is 0 Å². The number of aromatic nitrogens is 1. The Kier molecular flexibility index (Phi) is 6.51. The Morgan fingerprint density at radius 1 is 1.00 bits per heavy atom. The Morgan fingerprint density at radius 2 is 1.56 bits per heavy atom. The highest BCUT2D eigenvalue weighted by atomic mass is 79.9. The Morgan fingerprint density at radius 3 is 2.04 bits per heavy atom. The maximum atomic E-state index is 6.39. The lowest BCUT2D eigenvalue weighted by Gasteiger charge is -2.35. The summed E-state index contributed by atoms with van der Waals surface area (Å²) in [5.74, 6) is 1.05. The summed E-state index contributed by atoms with van der Waals surface area (Å²) in [6.07, 6.45) is 1.69. The van der Waals surface area contributed by atoms with Crippen molar-refractivity contribution in [3.8, 4) is 0 Å². The summed E-state index contributed by atoms with van der Waals surface area (Å²) in [7, 11) is 0. The lowest BCUT2D eigenvalue weighted by Crippen LogP contribution is -2.34. The van der Waals surface area contributed by atoms with E-state index in [-0.39, 0.29) is 11.5 Å². The van der Waals surface area contributed by atoms with Gasteiger partial charge >= 0.3 is 0 Å². The maximum Gasteiger partial charge on any atom is 0.151 e. The highest BCUT2D eigenvalue weighted by Gasteiger charge is 2.33. The lowest BCUT2D eigenvalue weighted by atomic mass is 9.79. The number of halogens is 1. The van der Waals surface area contributed by atoms with Crippen LogP contribution in [-0.2, 0) is 11.2 Å². The third-order valence-corrected chi connectivity index (χ3v) is 5.85. The minimum absolute atomic E-state index is 0.166. The molecule has 0 fully saturated rings. The lowest BCUT2D eigenvalue weighted by molar-refractivity contribution is -0.0305. The molecule has 3 nitrogen and oxygen atoms in total. The molecule has 0 amide bonds. The van der Waals surface area contributed by atoms with Crippen molar-refractivity contribution in [1.82, 2.24) is 5.16 Å². The quantitative estimate of drug-likeness (QED) is 0.395. The average Bonchev–Trinajstić information content (AvgIpc) is 2.99. The molecule has 3 rings (SSSR count). The summed E-state index contributed by atoms with van der Waals surface area (Å²) < 4.78 is 12.7. The van der Waals surface area contributed by atoms with Gasteiger partial charge < -0.3 is 9.26 Å². The van der Waals surface area contributed by atoms with Gasteiger partial charge in [0.15, 0.2) is 5.76 Å². The third kappa shape index (κ3) is 4.88. The molecule has 3 aromatic rings. The number of hydrogen-bond acceptors (Lipinski definition) is 3. The van der Waals surface area contributed by atoms with Gasteiger partial charge in [-0.05, 0) is 54.2 Å². The minimum Gasteiger partial charge on any atom is -0.375 e. The fourth-order valence-electron chi connectivity index (χ4n) is 3.50. The van der Waals surface area contributed by atoms with Gasteiger partial charge in [-0.2, -0.15) is 0 Å². The van der Waals surface area contributed by atoms with Gasteiger partial charge in [-0.1, -0.05) is 65.8 Å². The predicted molar refractivity (Wildman–Crippen MR) is 112 cm³/mol. The molecule has 0 N–H and O–H groups in total. The molecule has 0 unspecified atom stereocenters. The van der Waals surface area contributed by atoms with Crippen molar-refractivity contribution < 1.29 is 9.26 Å². The largest absolute Gasteiger partial charge is 0.375 e. The molecule has 4 heteroatoms. The first-order valence-corrected chi connectivity index (χ1v) is 10.1. The molecule has 0 bridgehead atoms. The maximum absolute atomic E-state index is 6.39.